The molecule has 0 aliphatic heterocycles. The van der Waals surface area contributed by atoms with Crippen molar-refractivity contribution in [2.24, 2.45) is 0 Å². The summed E-state index contributed by atoms with van der Waals surface area (Å²) in [5.41, 5.74) is 10.8. The summed E-state index contributed by atoms with van der Waals surface area (Å²) in [7, 11) is 0. The molecular weight excluding hydrogens is 546 g/mol. The minimum atomic E-state index is 1.17. The van der Waals surface area contributed by atoms with Gasteiger partial charge in [-0.3, -0.25) is 0 Å². The van der Waals surface area contributed by atoms with Crippen molar-refractivity contribution in [2.75, 3.05) is 0 Å². The summed E-state index contributed by atoms with van der Waals surface area (Å²) in [6.07, 6.45) is 0. The molecule has 7 aromatic carbocycles. The van der Waals surface area contributed by atoms with Gasteiger partial charge in [0, 0.05) is 43.7 Å². The van der Waals surface area contributed by atoms with E-state index < -0.39 is 0 Å². The highest BCUT2D eigenvalue weighted by atomic mass is 15.0. The van der Waals surface area contributed by atoms with Crippen LogP contribution in [0.1, 0.15) is 0 Å². The topological polar surface area (TPSA) is 14.8 Å². The van der Waals surface area contributed by atoms with Crippen molar-refractivity contribution in [3.63, 3.8) is 0 Å². The number of rotatable bonds is 3. The number of nitrogens with zero attached hydrogens (tertiary/aromatic N) is 3. The van der Waals surface area contributed by atoms with Crippen molar-refractivity contribution in [1.82, 2.24) is 13.7 Å². The lowest BCUT2D eigenvalue weighted by molar-refractivity contribution is 1.16. The van der Waals surface area contributed by atoms with Crippen LogP contribution in [0.5, 0.6) is 0 Å². The molecule has 0 radical (unpaired) electrons. The van der Waals surface area contributed by atoms with Crippen molar-refractivity contribution in [3.05, 3.63) is 164 Å². The zero-order valence-electron chi connectivity index (χ0n) is 24.4. The van der Waals surface area contributed by atoms with E-state index in [1.165, 1.54) is 82.5 Å². The van der Waals surface area contributed by atoms with Crippen LogP contribution in [-0.2, 0) is 0 Å². The first-order valence-electron chi connectivity index (χ1n) is 15.5. The number of hydrogen-bond acceptors (Lipinski definition) is 0. The second-order valence-electron chi connectivity index (χ2n) is 11.8. The lowest BCUT2D eigenvalue weighted by Gasteiger charge is -2.12. The van der Waals surface area contributed by atoms with Crippen molar-refractivity contribution in [2.45, 2.75) is 0 Å². The molecule has 10 rings (SSSR count). The van der Waals surface area contributed by atoms with Gasteiger partial charge in [0.05, 0.1) is 38.8 Å². The molecule has 0 spiro atoms. The largest absolute Gasteiger partial charge is 0.309 e. The third kappa shape index (κ3) is 3.35. The van der Waals surface area contributed by atoms with E-state index in [2.05, 4.69) is 177 Å². The Balaban J connectivity index is 1.30. The van der Waals surface area contributed by atoms with Gasteiger partial charge < -0.3 is 13.7 Å². The first kappa shape index (κ1) is 24.4. The molecule has 0 unspecified atom stereocenters. The van der Waals surface area contributed by atoms with Crippen LogP contribution >= 0.6 is 0 Å². The molecule has 3 heteroatoms. The summed E-state index contributed by atoms with van der Waals surface area (Å²) in [6, 6.07) is 59.4. The van der Waals surface area contributed by atoms with Crippen molar-refractivity contribution in [3.8, 4) is 17.1 Å². The standard InChI is InChI=1S/C42H27N3/c1-2-13-28(14-3-1)43-38-22-11-7-18-33(38)42-40(43)23-12-24-41(42)45-37-21-10-6-17-32(37)34-27-29(25-26-39(34)45)44-35-19-8-4-15-30(35)31-16-5-9-20-36(31)44/h1-27H. The van der Waals surface area contributed by atoms with Crippen LogP contribution in [0.25, 0.3) is 82.5 Å². The van der Waals surface area contributed by atoms with E-state index in [4.69, 9.17) is 0 Å². The Bertz CT molecular complexity index is 2700. The maximum Gasteiger partial charge on any atom is 0.0562 e. The highest BCUT2D eigenvalue weighted by Crippen LogP contribution is 2.41. The van der Waals surface area contributed by atoms with Crippen LogP contribution in [0.2, 0.25) is 0 Å². The number of para-hydroxylation sites is 5. The third-order valence-corrected chi connectivity index (χ3v) is 9.43. The summed E-state index contributed by atoms with van der Waals surface area (Å²) < 4.78 is 7.26. The molecule has 3 aromatic heterocycles. The normalized spacial score (nSPS) is 12.0. The second-order valence-corrected chi connectivity index (χ2v) is 11.8. The predicted molar refractivity (Wildman–Crippen MR) is 189 cm³/mol. The van der Waals surface area contributed by atoms with E-state index in [0.29, 0.717) is 0 Å². The van der Waals surface area contributed by atoms with Gasteiger partial charge in [-0.1, -0.05) is 97.1 Å². The fraction of sp³-hybridized carbons (Fsp3) is 0. The monoisotopic (exact) mass is 573 g/mol. The van der Waals surface area contributed by atoms with Gasteiger partial charge in [-0.15, -0.1) is 0 Å². The zero-order chi connectivity index (χ0) is 29.5. The molecule has 10 aromatic rings. The molecule has 0 bridgehead atoms. The summed E-state index contributed by atoms with van der Waals surface area (Å²) in [5, 5.41) is 7.55. The molecule has 3 nitrogen and oxygen atoms in total. The van der Waals surface area contributed by atoms with Gasteiger partial charge in [0.25, 0.3) is 0 Å². The lowest BCUT2D eigenvalue weighted by Crippen LogP contribution is -1.97. The quantitative estimate of drug-likeness (QED) is 0.200. The van der Waals surface area contributed by atoms with Gasteiger partial charge in [-0.05, 0) is 66.7 Å². The highest BCUT2D eigenvalue weighted by molar-refractivity contribution is 6.17. The molecule has 0 aliphatic carbocycles. The first-order chi connectivity index (χ1) is 22.4. The molecule has 0 amide bonds. The number of benzene rings is 7. The summed E-state index contributed by atoms with van der Waals surface area (Å²) >= 11 is 0. The number of aromatic nitrogens is 3. The van der Waals surface area contributed by atoms with E-state index in [-0.39, 0.29) is 0 Å². The second kappa shape index (κ2) is 9.22. The van der Waals surface area contributed by atoms with Crippen molar-refractivity contribution < 1.29 is 0 Å². The van der Waals surface area contributed by atoms with E-state index in [0.717, 1.165) is 0 Å². The average Bonchev–Trinajstić information content (AvgIpc) is 3.74. The molecule has 45 heavy (non-hydrogen) atoms. The SMILES string of the molecule is c1ccc(-n2c3ccccc3c3c(-n4c5ccccc5c5cc(-n6c7ccccc7c7ccccc76)ccc54)cccc32)cc1. The zero-order valence-corrected chi connectivity index (χ0v) is 24.4. The molecule has 0 aliphatic rings. The van der Waals surface area contributed by atoms with Gasteiger partial charge in [0.1, 0.15) is 0 Å². The summed E-state index contributed by atoms with van der Waals surface area (Å²) in [5.74, 6) is 0. The minimum absolute atomic E-state index is 1.17. The number of hydrogen-bond donors (Lipinski definition) is 0. The van der Waals surface area contributed by atoms with Crippen LogP contribution in [0.4, 0.5) is 0 Å². The van der Waals surface area contributed by atoms with Crippen LogP contribution < -0.4 is 0 Å². The molecule has 210 valence electrons. The summed E-state index contributed by atoms with van der Waals surface area (Å²) in [6.45, 7) is 0. The van der Waals surface area contributed by atoms with Crippen LogP contribution in [0, 0.1) is 0 Å². The lowest BCUT2D eigenvalue weighted by atomic mass is 10.1. The van der Waals surface area contributed by atoms with Gasteiger partial charge >= 0.3 is 0 Å². The van der Waals surface area contributed by atoms with E-state index in [1.807, 2.05) is 0 Å². The average molecular weight is 574 g/mol. The van der Waals surface area contributed by atoms with Crippen molar-refractivity contribution in [1.29, 1.82) is 0 Å². The van der Waals surface area contributed by atoms with E-state index >= 15 is 0 Å². The smallest absolute Gasteiger partial charge is 0.0562 e. The Morgan fingerprint density at radius 2 is 0.733 bits per heavy atom. The summed E-state index contributed by atoms with van der Waals surface area (Å²) in [4.78, 5) is 0. The molecule has 0 N–H and O–H groups in total. The Kier molecular flexibility index (Phi) is 5.00. The van der Waals surface area contributed by atoms with Crippen LogP contribution in [0.15, 0.2) is 164 Å². The maximum absolute atomic E-state index is 2.46. The van der Waals surface area contributed by atoms with Gasteiger partial charge in [0.15, 0.2) is 0 Å². The molecule has 3 heterocycles. The van der Waals surface area contributed by atoms with Gasteiger partial charge in [-0.25, -0.2) is 0 Å². The predicted octanol–water partition coefficient (Wildman–Crippen LogP) is 11.0. The minimum Gasteiger partial charge on any atom is -0.309 e. The Morgan fingerprint density at radius 1 is 0.267 bits per heavy atom. The third-order valence-electron chi connectivity index (χ3n) is 9.43. The highest BCUT2D eigenvalue weighted by Gasteiger charge is 2.20. The molecular formula is C42H27N3. The Morgan fingerprint density at radius 3 is 1.40 bits per heavy atom. The fourth-order valence-corrected chi connectivity index (χ4v) is 7.60. The van der Waals surface area contributed by atoms with Gasteiger partial charge in [0.2, 0.25) is 0 Å². The molecule has 0 atom stereocenters. The molecule has 0 saturated carbocycles. The van der Waals surface area contributed by atoms with Gasteiger partial charge in [-0.2, -0.15) is 0 Å². The fourth-order valence-electron chi connectivity index (χ4n) is 7.60. The Hall–Kier alpha value is -6.06. The first-order valence-corrected chi connectivity index (χ1v) is 15.5. The van der Waals surface area contributed by atoms with Crippen molar-refractivity contribution >= 4 is 65.4 Å². The molecule has 0 fully saturated rings. The van der Waals surface area contributed by atoms with Crippen LogP contribution in [0.3, 0.4) is 0 Å². The Labute approximate surface area is 259 Å². The maximum atomic E-state index is 2.46. The van der Waals surface area contributed by atoms with E-state index in [9.17, 15) is 0 Å². The molecule has 0 saturated heterocycles. The van der Waals surface area contributed by atoms with Crippen LogP contribution in [-0.4, -0.2) is 13.7 Å². The number of fused-ring (bicyclic) bond motifs is 9. The van der Waals surface area contributed by atoms with E-state index in [1.54, 1.807) is 0 Å².